The molecule has 1 aliphatic rings. The SMILES string of the molecule is Cc1nn(-c2ccc(F)cc2)c(Cl)c1C(=O)OCC(=O)Nc1sc2c(c1C(N)=O)CCC2. The van der Waals surface area contributed by atoms with E-state index < -0.39 is 30.2 Å². The van der Waals surface area contributed by atoms with Crippen LogP contribution >= 0.6 is 22.9 Å². The third-order valence-electron chi connectivity index (χ3n) is 5.03. The summed E-state index contributed by atoms with van der Waals surface area (Å²) in [5, 5.41) is 7.14. The highest BCUT2D eigenvalue weighted by Gasteiger charge is 2.27. The molecule has 32 heavy (non-hydrogen) atoms. The van der Waals surface area contributed by atoms with Crippen molar-refractivity contribution in [2.45, 2.75) is 26.2 Å². The maximum Gasteiger partial charge on any atom is 0.343 e. The number of esters is 1. The van der Waals surface area contributed by atoms with E-state index in [0.717, 1.165) is 29.7 Å². The quantitative estimate of drug-likeness (QED) is 0.529. The Bertz CT molecular complexity index is 1240. The first-order chi connectivity index (χ1) is 15.3. The number of fused-ring (bicyclic) bond motifs is 1. The van der Waals surface area contributed by atoms with E-state index in [2.05, 4.69) is 10.4 Å². The number of halogens is 2. The Hall–Kier alpha value is -3.24. The molecule has 11 heteroatoms. The van der Waals surface area contributed by atoms with Crippen LogP contribution in [0.2, 0.25) is 5.15 Å². The fourth-order valence-corrected chi connectivity index (χ4v) is 5.26. The lowest BCUT2D eigenvalue weighted by molar-refractivity contribution is -0.119. The molecule has 0 unspecified atom stereocenters. The molecule has 0 saturated heterocycles. The number of thiophene rings is 1. The van der Waals surface area contributed by atoms with E-state index >= 15 is 0 Å². The van der Waals surface area contributed by atoms with Gasteiger partial charge in [-0.1, -0.05) is 11.6 Å². The summed E-state index contributed by atoms with van der Waals surface area (Å²) in [6.07, 6.45) is 2.52. The summed E-state index contributed by atoms with van der Waals surface area (Å²) >= 11 is 7.61. The molecule has 0 atom stereocenters. The van der Waals surface area contributed by atoms with Crippen LogP contribution in [0.15, 0.2) is 24.3 Å². The van der Waals surface area contributed by atoms with Crippen LogP contribution in [-0.2, 0) is 22.4 Å². The number of aromatic nitrogens is 2. The number of benzene rings is 1. The van der Waals surface area contributed by atoms with Gasteiger partial charge in [0.15, 0.2) is 6.61 Å². The number of hydrogen-bond donors (Lipinski definition) is 2. The molecule has 2 amide bonds. The standard InChI is InChI=1S/C21H18ClFN4O4S/c1-10-16(18(22)27(26-10)12-7-5-11(23)6-8-12)21(30)31-9-15(28)25-20-17(19(24)29)13-3-2-4-14(13)32-20/h5-8H,2-4,9H2,1H3,(H2,24,29)(H,25,28). The predicted octanol–water partition coefficient (Wildman–Crippen LogP) is 3.42. The zero-order valence-electron chi connectivity index (χ0n) is 16.9. The van der Waals surface area contributed by atoms with E-state index in [4.69, 9.17) is 22.1 Å². The number of amides is 2. The highest BCUT2D eigenvalue weighted by molar-refractivity contribution is 7.17. The lowest BCUT2D eigenvalue weighted by Crippen LogP contribution is -2.23. The number of ether oxygens (including phenoxy) is 1. The largest absolute Gasteiger partial charge is 0.452 e. The number of carbonyl (C=O) groups excluding carboxylic acids is 3. The Morgan fingerprint density at radius 1 is 1.25 bits per heavy atom. The van der Waals surface area contributed by atoms with Gasteiger partial charge in [0.05, 0.1) is 16.9 Å². The lowest BCUT2D eigenvalue weighted by Gasteiger charge is -2.07. The van der Waals surface area contributed by atoms with E-state index in [1.54, 1.807) is 6.92 Å². The maximum atomic E-state index is 13.2. The summed E-state index contributed by atoms with van der Waals surface area (Å²) < 4.78 is 19.6. The second kappa shape index (κ2) is 8.71. The molecular weight excluding hydrogens is 459 g/mol. The van der Waals surface area contributed by atoms with Gasteiger partial charge >= 0.3 is 5.97 Å². The summed E-state index contributed by atoms with van der Waals surface area (Å²) in [7, 11) is 0. The normalized spacial score (nSPS) is 12.5. The third-order valence-corrected chi connectivity index (χ3v) is 6.59. The van der Waals surface area contributed by atoms with Crippen molar-refractivity contribution in [3.63, 3.8) is 0 Å². The average Bonchev–Trinajstić information content (AvgIpc) is 3.39. The minimum atomic E-state index is -0.834. The van der Waals surface area contributed by atoms with Crippen molar-refractivity contribution in [3.05, 3.63) is 62.5 Å². The van der Waals surface area contributed by atoms with Crippen LogP contribution < -0.4 is 11.1 Å². The Labute approximate surface area is 191 Å². The maximum absolute atomic E-state index is 13.2. The summed E-state index contributed by atoms with van der Waals surface area (Å²) in [5.41, 5.74) is 7.43. The molecule has 0 aliphatic heterocycles. The molecule has 0 bridgehead atoms. The molecule has 166 valence electrons. The van der Waals surface area contributed by atoms with Crippen molar-refractivity contribution in [2.24, 2.45) is 5.73 Å². The molecule has 3 aromatic rings. The number of nitrogens with one attached hydrogen (secondary N) is 1. The van der Waals surface area contributed by atoms with Crippen molar-refractivity contribution >= 4 is 45.7 Å². The lowest BCUT2D eigenvalue weighted by atomic mass is 10.1. The summed E-state index contributed by atoms with van der Waals surface area (Å²) in [6, 6.07) is 5.41. The summed E-state index contributed by atoms with van der Waals surface area (Å²) in [5.74, 6) is -2.47. The van der Waals surface area contributed by atoms with Gasteiger partial charge in [-0.05, 0) is 56.0 Å². The topological polar surface area (TPSA) is 116 Å². The second-order valence-electron chi connectivity index (χ2n) is 7.19. The fraction of sp³-hybridized carbons (Fsp3) is 0.238. The molecular formula is C21H18ClFN4O4S. The van der Waals surface area contributed by atoms with Crippen molar-refractivity contribution in [1.82, 2.24) is 9.78 Å². The molecule has 4 rings (SSSR count). The van der Waals surface area contributed by atoms with Crippen molar-refractivity contribution in [2.75, 3.05) is 11.9 Å². The van der Waals surface area contributed by atoms with Gasteiger partial charge in [-0.2, -0.15) is 5.10 Å². The van der Waals surface area contributed by atoms with Gasteiger partial charge in [0.25, 0.3) is 11.8 Å². The van der Waals surface area contributed by atoms with Gasteiger partial charge in [-0.3, -0.25) is 9.59 Å². The summed E-state index contributed by atoms with van der Waals surface area (Å²) in [4.78, 5) is 37.8. The van der Waals surface area contributed by atoms with Gasteiger partial charge in [0.2, 0.25) is 0 Å². The highest BCUT2D eigenvalue weighted by Crippen LogP contribution is 2.38. The van der Waals surface area contributed by atoms with Crippen molar-refractivity contribution in [3.8, 4) is 5.69 Å². The van der Waals surface area contributed by atoms with Crippen LogP contribution in [0, 0.1) is 12.7 Å². The van der Waals surface area contributed by atoms with Crippen LogP contribution in [-0.4, -0.2) is 34.2 Å². The van der Waals surface area contributed by atoms with E-state index in [1.165, 1.54) is 40.3 Å². The predicted molar refractivity (Wildman–Crippen MR) is 117 cm³/mol. The second-order valence-corrected chi connectivity index (χ2v) is 8.65. The molecule has 0 spiro atoms. The van der Waals surface area contributed by atoms with Crippen molar-refractivity contribution in [1.29, 1.82) is 0 Å². The molecule has 0 radical (unpaired) electrons. The number of carbonyl (C=O) groups is 3. The van der Waals surface area contributed by atoms with E-state index in [-0.39, 0.29) is 16.4 Å². The highest BCUT2D eigenvalue weighted by atomic mass is 35.5. The Morgan fingerprint density at radius 2 is 1.97 bits per heavy atom. The monoisotopic (exact) mass is 476 g/mol. The number of anilines is 1. The van der Waals surface area contributed by atoms with E-state index in [9.17, 15) is 18.8 Å². The number of nitrogens with zero attached hydrogens (tertiary/aromatic N) is 2. The fourth-order valence-electron chi connectivity index (χ4n) is 3.60. The first kappa shape index (κ1) is 22.0. The summed E-state index contributed by atoms with van der Waals surface area (Å²) in [6.45, 7) is 0.978. The van der Waals surface area contributed by atoms with Gasteiger partial charge < -0.3 is 15.8 Å². The first-order valence-corrected chi connectivity index (χ1v) is 10.9. The molecule has 0 saturated carbocycles. The van der Waals surface area contributed by atoms with Crippen LogP contribution in [0.25, 0.3) is 5.69 Å². The Kier molecular flexibility index (Phi) is 5.98. The number of aryl methyl sites for hydroxylation is 2. The number of primary amides is 1. The van der Waals surface area contributed by atoms with E-state index in [1.807, 2.05) is 0 Å². The van der Waals surface area contributed by atoms with Crippen LogP contribution in [0.3, 0.4) is 0 Å². The van der Waals surface area contributed by atoms with Gasteiger partial charge in [-0.25, -0.2) is 13.9 Å². The van der Waals surface area contributed by atoms with Crippen LogP contribution in [0.1, 0.15) is 43.3 Å². The van der Waals surface area contributed by atoms with Crippen LogP contribution in [0.4, 0.5) is 9.39 Å². The Balaban J connectivity index is 1.45. The minimum Gasteiger partial charge on any atom is -0.452 e. The Morgan fingerprint density at radius 3 is 2.66 bits per heavy atom. The zero-order chi connectivity index (χ0) is 23.0. The number of hydrogen-bond acceptors (Lipinski definition) is 6. The third kappa shape index (κ3) is 4.11. The molecule has 3 N–H and O–H groups in total. The molecule has 2 aromatic heterocycles. The molecule has 0 fully saturated rings. The van der Waals surface area contributed by atoms with Gasteiger partial charge in [0.1, 0.15) is 21.5 Å². The number of nitrogens with two attached hydrogens (primary N) is 1. The first-order valence-electron chi connectivity index (χ1n) is 9.68. The minimum absolute atomic E-state index is 0.00304. The average molecular weight is 477 g/mol. The zero-order valence-corrected chi connectivity index (χ0v) is 18.5. The van der Waals surface area contributed by atoms with Gasteiger partial charge in [-0.15, -0.1) is 11.3 Å². The smallest absolute Gasteiger partial charge is 0.343 e. The molecule has 8 nitrogen and oxygen atoms in total. The number of rotatable bonds is 6. The van der Waals surface area contributed by atoms with Crippen molar-refractivity contribution < 1.29 is 23.5 Å². The molecule has 1 aromatic carbocycles. The van der Waals surface area contributed by atoms with Gasteiger partial charge in [0, 0.05) is 4.88 Å². The van der Waals surface area contributed by atoms with E-state index in [0.29, 0.717) is 16.3 Å². The molecule has 1 aliphatic carbocycles. The molecule has 2 heterocycles. The van der Waals surface area contributed by atoms with Crippen LogP contribution in [0.5, 0.6) is 0 Å².